The zero-order valence-corrected chi connectivity index (χ0v) is 23.8. The number of hydrogen-bond donors (Lipinski definition) is 1. The molecule has 11 heteroatoms. The zero-order valence-electron chi connectivity index (χ0n) is 23.0. The van der Waals surface area contributed by atoms with Crippen LogP contribution in [0.3, 0.4) is 0 Å². The number of benzene rings is 3. The minimum atomic E-state index is -3.67. The maximum absolute atomic E-state index is 14.0. The summed E-state index contributed by atoms with van der Waals surface area (Å²) >= 11 is 0. The molecular weight excluding hydrogens is 556 g/mol. The summed E-state index contributed by atoms with van der Waals surface area (Å²) < 4.78 is 38.4. The van der Waals surface area contributed by atoms with Gasteiger partial charge in [-0.15, -0.1) is 0 Å². The number of fused-ring (bicyclic) bond motifs is 1. The van der Waals surface area contributed by atoms with E-state index < -0.39 is 15.6 Å². The van der Waals surface area contributed by atoms with Crippen molar-refractivity contribution in [2.24, 2.45) is 0 Å². The van der Waals surface area contributed by atoms with Gasteiger partial charge < -0.3 is 24.6 Å². The molecule has 1 spiro atoms. The Labute approximate surface area is 245 Å². The molecular formula is C31H32N4O6S. The van der Waals surface area contributed by atoms with Crippen LogP contribution in [0.1, 0.15) is 24.0 Å². The molecule has 0 radical (unpaired) electrons. The van der Waals surface area contributed by atoms with Gasteiger partial charge in [-0.2, -0.15) is 4.31 Å². The number of rotatable bonds is 8. The highest BCUT2D eigenvalue weighted by Crippen LogP contribution is 2.40. The molecule has 0 unspecified atom stereocenters. The molecule has 3 aromatic rings. The lowest BCUT2D eigenvalue weighted by molar-refractivity contribution is -0.137. The second kappa shape index (κ2) is 11.5. The molecule has 218 valence electrons. The highest BCUT2D eigenvalue weighted by atomic mass is 32.2. The fraction of sp³-hybridized carbons (Fsp3) is 0.290. The van der Waals surface area contributed by atoms with E-state index in [-0.39, 0.29) is 51.5 Å². The summed E-state index contributed by atoms with van der Waals surface area (Å²) in [5.41, 5.74) is 1.57. The lowest BCUT2D eigenvalue weighted by atomic mass is 9.86. The van der Waals surface area contributed by atoms with Gasteiger partial charge in [0, 0.05) is 30.7 Å². The lowest BCUT2D eigenvalue weighted by Crippen LogP contribution is -2.57. The molecule has 0 aromatic heterocycles. The van der Waals surface area contributed by atoms with Gasteiger partial charge in [-0.25, -0.2) is 8.42 Å². The smallest absolute Gasteiger partial charge is 0.250 e. The predicted molar refractivity (Wildman–Crippen MR) is 158 cm³/mol. The monoisotopic (exact) mass is 588 g/mol. The van der Waals surface area contributed by atoms with Gasteiger partial charge in [0.1, 0.15) is 12.1 Å². The van der Waals surface area contributed by atoms with Gasteiger partial charge in [-0.05, 0) is 54.3 Å². The van der Waals surface area contributed by atoms with Gasteiger partial charge in [0.2, 0.25) is 28.6 Å². The number of nitrogens with zero attached hydrogens (tertiary/aromatic N) is 3. The third kappa shape index (κ3) is 5.57. The number of hydrogen-bond acceptors (Lipinski definition) is 7. The van der Waals surface area contributed by atoms with Gasteiger partial charge in [0.25, 0.3) is 0 Å². The van der Waals surface area contributed by atoms with Crippen LogP contribution in [0.2, 0.25) is 0 Å². The van der Waals surface area contributed by atoms with E-state index >= 15 is 0 Å². The van der Waals surface area contributed by atoms with Crippen molar-refractivity contribution in [3.63, 3.8) is 0 Å². The second-order valence-corrected chi connectivity index (χ2v) is 12.4. The topological polar surface area (TPSA) is 108 Å². The van der Waals surface area contributed by atoms with Crippen LogP contribution >= 0.6 is 0 Å². The van der Waals surface area contributed by atoms with Crippen molar-refractivity contribution >= 4 is 33.6 Å². The summed E-state index contributed by atoms with van der Waals surface area (Å²) in [7, 11) is -3.67. The van der Waals surface area contributed by atoms with E-state index in [4.69, 9.17) is 9.47 Å². The van der Waals surface area contributed by atoms with Gasteiger partial charge in [-0.3, -0.25) is 9.59 Å². The van der Waals surface area contributed by atoms with Crippen molar-refractivity contribution < 1.29 is 27.5 Å². The number of para-hydroxylation sites is 1. The summed E-state index contributed by atoms with van der Waals surface area (Å²) in [6.45, 7) is 0.989. The fourth-order valence-corrected chi connectivity index (χ4v) is 6.92. The zero-order chi connectivity index (χ0) is 29.2. The SMILES string of the molecule is O=C(CN1CN(c2ccccc2)C2(CCN(S(=O)(=O)/C=C/c3ccccc3)CC2)C1=O)NCc1ccc2c(c1)OCO2. The highest BCUT2D eigenvalue weighted by molar-refractivity contribution is 7.92. The molecule has 2 fully saturated rings. The van der Waals surface area contributed by atoms with Crippen molar-refractivity contribution in [3.05, 3.63) is 95.4 Å². The first-order valence-electron chi connectivity index (χ1n) is 13.8. The number of ether oxygens (including phenoxy) is 2. The summed E-state index contributed by atoms with van der Waals surface area (Å²) in [6.07, 6.45) is 2.21. The first-order valence-corrected chi connectivity index (χ1v) is 15.3. The van der Waals surface area contributed by atoms with Crippen LogP contribution in [0.15, 0.2) is 84.3 Å². The Hall–Kier alpha value is -4.35. The van der Waals surface area contributed by atoms with Gasteiger partial charge in [0.15, 0.2) is 11.5 Å². The largest absolute Gasteiger partial charge is 0.454 e. The average molecular weight is 589 g/mol. The Morgan fingerprint density at radius 2 is 1.62 bits per heavy atom. The Morgan fingerprint density at radius 3 is 2.36 bits per heavy atom. The normalized spacial score (nSPS) is 18.2. The first kappa shape index (κ1) is 27.8. The van der Waals surface area contributed by atoms with Crippen LogP contribution in [-0.4, -0.2) is 68.1 Å². The maximum atomic E-state index is 14.0. The van der Waals surface area contributed by atoms with Crippen molar-refractivity contribution in [2.45, 2.75) is 24.9 Å². The molecule has 0 bridgehead atoms. The molecule has 3 heterocycles. The molecule has 10 nitrogen and oxygen atoms in total. The van der Waals surface area contributed by atoms with Crippen molar-refractivity contribution in [1.82, 2.24) is 14.5 Å². The van der Waals surface area contributed by atoms with E-state index in [0.29, 0.717) is 24.3 Å². The number of piperidine rings is 1. The fourth-order valence-electron chi connectivity index (χ4n) is 5.73. The number of amides is 2. The third-order valence-corrected chi connectivity index (χ3v) is 9.55. The van der Waals surface area contributed by atoms with Crippen LogP contribution in [-0.2, 0) is 26.2 Å². The summed E-state index contributed by atoms with van der Waals surface area (Å²) in [5, 5.41) is 4.12. The summed E-state index contributed by atoms with van der Waals surface area (Å²) in [4.78, 5) is 30.5. The van der Waals surface area contributed by atoms with Gasteiger partial charge in [0.05, 0.1) is 6.67 Å². The molecule has 1 N–H and O–H groups in total. The van der Waals surface area contributed by atoms with Crippen molar-refractivity contribution in [1.29, 1.82) is 0 Å². The number of nitrogens with one attached hydrogen (secondary N) is 1. The molecule has 3 aliphatic heterocycles. The predicted octanol–water partition coefficient (Wildman–Crippen LogP) is 3.17. The number of anilines is 1. The Bertz CT molecular complexity index is 1590. The standard InChI is InChI=1S/C31H32N4O6S/c36-29(32-20-25-11-12-27-28(19-25)41-23-40-27)21-33-22-35(26-9-5-2-6-10-26)31(30(33)37)14-16-34(17-15-31)42(38,39)18-13-24-7-3-1-4-8-24/h1-13,18-19H,14-17,20-23H2,(H,32,36)/b18-13+. The second-order valence-electron chi connectivity index (χ2n) is 10.6. The Morgan fingerprint density at radius 1 is 0.929 bits per heavy atom. The minimum absolute atomic E-state index is 0.101. The maximum Gasteiger partial charge on any atom is 0.250 e. The van der Waals surface area contributed by atoms with E-state index in [2.05, 4.69) is 5.32 Å². The van der Waals surface area contributed by atoms with Crippen LogP contribution in [0.4, 0.5) is 5.69 Å². The molecule has 3 aliphatic rings. The van der Waals surface area contributed by atoms with Crippen LogP contribution < -0.4 is 19.7 Å². The number of carbonyl (C=O) groups is 2. The average Bonchev–Trinajstić information content (AvgIpc) is 3.59. The lowest BCUT2D eigenvalue weighted by Gasteiger charge is -2.42. The molecule has 3 aromatic carbocycles. The van der Waals surface area contributed by atoms with Crippen LogP contribution in [0, 0.1) is 0 Å². The van der Waals surface area contributed by atoms with Crippen LogP contribution in [0.25, 0.3) is 6.08 Å². The molecule has 0 saturated carbocycles. The van der Waals surface area contributed by atoms with E-state index in [1.165, 1.54) is 9.71 Å². The van der Waals surface area contributed by atoms with Crippen molar-refractivity contribution in [3.8, 4) is 11.5 Å². The Kier molecular flexibility index (Phi) is 7.61. The van der Waals surface area contributed by atoms with Crippen LogP contribution in [0.5, 0.6) is 11.5 Å². The molecule has 0 aliphatic carbocycles. The molecule has 2 amide bonds. The van der Waals surface area contributed by atoms with E-state index in [0.717, 1.165) is 16.8 Å². The first-order chi connectivity index (χ1) is 20.3. The third-order valence-electron chi connectivity index (χ3n) is 7.98. The van der Waals surface area contributed by atoms with E-state index in [1.807, 2.05) is 77.7 Å². The van der Waals surface area contributed by atoms with E-state index in [9.17, 15) is 18.0 Å². The van der Waals surface area contributed by atoms with E-state index in [1.54, 1.807) is 17.0 Å². The number of sulfonamides is 1. The highest BCUT2D eigenvalue weighted by Gasteiger charge is 2.54. The quantitative estimate of drug-likeness (QED) is 0.431. The molecule has 6 rings (SSSR count). The van der Waals surface area contributed by atoms with Crippen molar-refractivity contribution in [2.75, 3.05) is 38.0 Å². The Balaban J connectivity index is 1.14. The minimum Gasteiger partial charge on any atom is -0.454 e. The summed E-state index contributed by atoms with van der Waals surface area (Å²) in [6, 6.07) is 24.3. The van der Waals surface area contributed by atoms with Gasteiger partial charge >= 0.3 is 0 Å². The number of carbonyl (C=O) groups excluding carboxylic acids is 2. The molecule has 42 heavy (non-hydrogen) atoms. The summed E-state index contributed by atoms with van der Waals surface area (Å²) in [5.74, 6) is 0.865. The molecule has 2 saturated heterocycles. The van der Waals surface area contributed by atoms with Gasteiger partial charge in [-0.1, -0.05) is 54.6 Å². The molecule has 0 atom stereocenters.